The Bertz CT molecular complexity index is 457. The molecule has 7 nitrogen and oxygen atoms in total. The van der Waals surface area contributed by atoms with Crippen LogP contribution in [0.5, 0.6) is 0 Å². The maximum atomic E-state index is 11.5. The van der Waals surface area contributed by atoms with Crippen molar-refractivity contribution in [2.45, 2.75) is 19.1 Å². The summed E-state index contributed by atoms with van der Waals surface area (Å²) in [6.45, 7) is 3.34. The Balaban J connectivity index is 2.26. The van der Waals surface area contributed by atoms with Crippen LogP contribution in [0.3, 0.4) is 0 Å². The van der Waals surface area contributed by atoms with Gasteiger partial charge in [0.25, 0.3) is 5.91 Å². The smallest absolute Gasteiger partial charge is 0.254 e. The lowest BCUT2D eigenvalue weighted by Crippen LogP contribution is -2.35. The van der Waals surface area contributed by atoms with Crippen molar-refractivity contribution in [1.29, 1.82) is 0 Å². The summed E-state index contributed by atoms with van der Waals surface area (Å²) in [5, 5.41) is 10.7. The number of methoxy groups -OCH3 is 1. The SMILES string of the molecule is CO[C@H]1CNCC1Nc1c(C(N)=O)c(C)nn1C. The van der Waals surface area contributed by atoms with Crippen LogP contribution in [0.2, 0.25) is 0 Å². The molecule has 0 aliphatic carbocycles. The van der Waals surface area contributed by atoms with Crippen LogP contribution in [0.15, 0.2) is 0 Å². The fourth-order valence-electron chi connectivity index (χ4n) is 2.34. The lowest BCUT2D eigenvalue weighted by Gasteiger charge is -2.20. The lowest BCUT2D eigenvalue weighted by atomic mass is 10.2. The van der Waals surface area contributed by atoms with Crippen LogP contribution in [-0.2, 0) is 11.8 Å². The Morgan fingerprint density at radius 3 is 2.94 bits per heavy atom. The first-order valence-electron chi connectivity index (χ1n) is 5.88. The molecule has 0 bridgehead atoms. The minimum atomic E-state index is -0.469. The summed E-state index contributed by atoms with van der Waals surface area (Å²) >= 11 is 0. The number of primary amides is 1. The molecule has 2 heterocycles. The summed E-state index contributed by atoms with van der Waals surface area (Å²) in [6, 6.07) is 0.0999. The number of nitrogens with one attached hydrogen (secondary N) is 2. The Hall–Kier alpha value is -1.60. The zero-order valence-corrected chi connectivity index (χ0v) is 10.9. The van der Waals surface area contributed by atoms with Crippen molar-refractivity contribution in [2.75, 3.05) is 25.5 Å². The van der Waals surface area contributed by atoms with Gasteiger partial charge in [0.2, 0.25) is 0 Å². The molecule has 100 valence electrons. The van der Waals surface area contributed by atoms with Gasteiger partial charge in [0.15, 0.2) is 0 Å². The normalized spacial score (nSPS) is 23.3. The molecule has 1 unspecified atom stereocenters. The molecule has 18 heavy (non-hydrogen) atoms. The Morgan fingerprint density at radius 2 is 2.33 bits per heavy atom. The average molecular weight is 253 g/mol. The van der Waals surface area contributed by atoms with Gasteiger partial charge in [-0.25, -0.2) is 0 Å². The molecule has 7 heteroatoms. The van der Waals surface area contributed by atoms with Gasteiger partial charge in [-0.1, -0.05) is 0 Å². The van der Waals surface area contributed by atoms with Gasteiger partial charge >= 0.3 is 0 Å². The standard InChI is InChI=1S/C11H19N5O2/c1-6-9(10(12)17)11(16(2)15-6)14-7-4-13-5-8(7)18-3/h7-8,13-14H,4-5H2,1-3H3,(H2,12,17)/t7?,8-/m0/s1. The van der Waals surface area contributed by atoms with Gasteiger partial charge in [-0.3, -0.25) is 9.48 Å². The maximum Gasteiger partial charge on any atom is 0.254 e. The summed E-state index contributed by atoms with van der Waals surface area (Å²) in [4.78, 5) is 11.5. The van der Waals surface area contributed by atoms with Crippen molar-refractivity contribution in [3.8, 4) is 0 Å². The van der Waals surface area contributed by atoms with E-state index in [2.05, 4.69) is 15.7 Å². The number of anilines is 1. The highest BCUT2D eigenvalue weighted by Gasteiger charge is 2.29. The van der Waals surface area contributed by atoms with Gasteiger partial charge in [-0.05, 0) is 6.92 Å². The number of nitrogens with zero attached hydrogens (tertiary/aromatic N) is 2. The second-order valence-electron chi connectivity index (χ2n) is 4.48. The molecule has 2 rings (SSSR count). The van der Waals surface area contributed by atoms with Gasteiger partial charge in [0.1, 0.15) is 11.4 Å². The highest BCUT2D eigenvalue weighted by Crippen LogP contribution is 2.20. The first-order chi connectivity index (χ1) is 8.54. The molecular formula is C11H19N5O2. The quantitative estimate of drug-likeness (QED) is 0.655. The number of rotatable bonds is 4. The van der Waals surface area contributed by atoms with E-state index in [0.29, 0.717) is 17.1 Å². The molecule has 1 amide bonds. The number of aryl methyl sites for hydroxylation is 2. The van der Waals surface area contributed by atoms with Gasteiger partial charge in [0.05, 0.1) is 17.8 Å². The van der Waals surface area contributed by atoms with Crippen LogP contribution < -0.4 is 16.4 Å². The van der Waals surface area contributed by atoms with Crippen LogP contribution in [0.25, 0.3) is 0 Å². The third-order valence-corrected chi connectivity index (χ3v) is 3.25. The van der Waals surface area contributed by atoms with Crippen molar-refractivity contribution < 1.29 is 9.53 Å². The monoisotopic (exact) mass is 253 g/mol. The molecule has 0 radical (unpaired) electrons. The fraction of sp³-hybridized carbons (Fsp3) is 0.636. The molecule has 1 aliphatic rings. The highest BCUT2D eigenvalue weighted by atomic mass is 16.5. The van der Waals surface area contributed by atoms with E-state index in [4.69, 9.17) is 10.5 Å². The summed E-state index contributed by atoms with van der Waals surface area (Å²) in [5.41, 5.74) is 6.47. The molecule has 1 aromatic heterocycles. The number of hydrogen-bond donors (Lipinski definition) is 3. The largest absolute Gasteiger partial charge is 0.378 e. The second-order valence-corrected chi connectivity index (χ2v) is 4.48. The number of ether oxygens (including phenoxy) is 1. The van der Waals surface area contributed by atoms with Crippen molar-refractivity contribution in [2.24, 2.45) is 12.8 Å². The molecule has 0 saturated carbocycles. The molecule has 4 N–H and O–H groups in total. The van der Waals surface area contributed by atoms with Gasteiger partial charge in [-0.2, -0.15) is 5.10 Å². The van der Waals surface area contributed by atoms with Crippen LogP contribution >= 0.6 is 0 Å². The number of amides is 1. The Kier molecular flexibility index (Phi) is 3.53. The molecule has 0 spiro atoms. The van der Waals surface area contributed by atoms with E-state index >= 15 is 0 Å². The fourth-order valence-corrected chi connectivity index (χ4v) is 2.34. The number of hydrogen-bond acceptors (Lipinski definition) is 5. The van der Waals surface area contributed by atoms with E-state index in [1.54, 1.807) is 25.8 Å². The predicted octanol–water partition coefficient (Wildman–Crippen LogP) is -0.774. The number of nitrogens with two attached hydrogens (primary N) is 1. The third-order valence-electron chi connectivity index (χ3n) is 3.25. The van der Waals surface area contributed by atoms with E-state index in [1.807, 2.05) is 0 Å². The van der Waals surface area contributed by atoms with Crippen LogP contribution in [0.4, 0.5) is 5.82 Å². The third kappa shape index (κ3) is 2.19. The average Bonchev–Trinajstić information content (AvgIpc) is 2.84. The summed E-state index contributed by atoms with van der Waals surface area (Å²) < 4.78 is 7.01. The highest BCUT2D eigenvalue weighted by molar-refractivity contribution is 5.98. The summed E-state index contributed by atoms with van der Waals surface area (Å²) in [7, 11) is 3.46. The lowest BCUT2D eigenvalue weighted by molar-refractivity contribution is 0.0999. The minimum Gasteiger partial charge on any atom is -0.378 e. The Labute approximate surface area is 106 Å². The molecule has 1 aromatic rings. The maximum absolute atomic E-state index is 11.5. The van der Waals surface area contributed by atoms with E-state index < -0.39 is 5.91 Å². The van der Waals surface area contributed by atoms with Crippen molar-refractivity contribution in [1.82, 2.24) is 15.1 Å². The van der Waals surface area contributed by atoms with Gasteiger partial charge < -0.3 is 21.1 Å². The van der Waals surface area contributed by atoms with Crippen molar-refractivity contribution in [3.05, 3.63) is 11.3 Å². The van der Waals surface area contributed by atoms with Gasteiger partial charge in [0, 0.05) is 27.2 Å². The van der Waals surface area contributed by atoms with E-state index in [-0.39, 0.29) is 12.1 Å². The summed E-state index contributed by atoms with van der Waals surface area (Å²) in [6.07, 6.45) is 0.0703. The molecule has 0 aromatic carbocycles. The number of aromatic nitrogens is 2. The van der Waals surface area contributed by atoms with Crippen LogP contribution in [-0.4, -0.2) is 48.0 Å². The number of carbonyl (C=O) groups is 1. The zero-order chi connectivity index (χ0) is 13.3. The predicted molar refractivity (Wildman–Crippen MR) is 67.5 cm³/mol. The molecule has 1 saturated heterocycles. The zero-order valence-electron chi connectivity index (χ0n) is 10.9. The molecular weight excluding hydrogens is 234 g/mol. The van der Waals surface area contributed by atoms with Gasteiger partial charge in [-0.15, -0.1) is 0 Å². The van der Waals surface area contributed by atoms with Crippen molar-refractivity contribution in [3.63, 3.8) is 0 Å². The van der Waals surface area contributed by atoms with E-state index in [0.717, 1.165) is 13.1 Å². The first kappa shape index (κ1) is 12.8. The molecule has 2 atom stereocenters. The molecule has 1 aliphatic heterocycles. The van der Waals surface area contributed by atoms with E-state index in [1.165, 1.54) is 0 Å². The van der Waals surface area contributed by atoms with Crippen LogP contribution in [0, 0.1) is 6.92 Å². The van der Waals surface area contributed by atoms with Crippen molar-refractivity contribution >= 4 is 11.7 Å². The van der Waals surface area contributed by atoms with Crippen LogP contribution in [0.1, 0.15) is 16.1 Å². The number of carbonyl (C=O) groups excluding carboxylic acids is 1. The summed E-state index contributed by atoms with van der Waals surface area (Å²) in [5.74, 6) is 0.179. The second kappa shape index (κ2) is 4.95. The molecule has 1 fully saturated rings. The van der Waals surface area contributed by atoms with E-state index in [9.17, 15) is 4.79 Å². The Morgan fingerprint density at radius 1 is 1.61 bits per heavy atom. The first-order valence-corrected chi connectivity index (χ1v) is 5.88. The minimum absolute atomic E-state index is 0.0703. The topological polar surface area (TPSA) is 94.2 Å².